The van der Waals surface area contributed by atoms with Crippen molar-refractivity contribution in [2.45, 2.75) is 0 Å². The van der Waals surface area contributed by atoms with Crippen LogP contribution < -0.4 is 0 Å². The zero-order chi connectivity index (χ0) is 34.4. The molecule has 0 heterocycles. The van der Waals surface area contributed by atoms with Gasteiger partial charge in [0.2, 0.25) is 0 Å². The molecule has 0 atom stereocenters. The number of benzene rings is 10. The molecule has 0 saturated heterocycles. The first-order valence-electron chi connectivity index (χ1n) is 18.0. The van der Waals surface area contributed by atoms with E-state index in [4.69, 9.17) is 0 Å². The fourth-order valence-electron chi connectivity index (χ4n) is 8.16. The van der Waals surface area contributed by atoms with Gasteiger partial charge in [0, 0.05) is 0 Å². The maximum atomic E-state index is 2.44. The van der Waals surface area contributed by atoms with E-state index in [9.17, 15) is 0 Å². The lowest BCUT2D eigenvalue weighted by molar-refractivity contribution is 1.58. The van der Waals surface area contributed by atoms with Gasteiger partial charge < -0.3 is 0 Å². The maximum Gasteiger partial charge on any atom is -0.00259 e. The molecule has 0 radical (unpaired) electrons. The molecule has 0 bridgehead atoms. The Bertz CT molecular complexity index is 2870. The summed E-state index contributed by atoms with van der Waals surface area (Å²) in [6.07, 6.45) is 0. The van der Waals surface area contributed by atoms with Gasteiger partial charge in [-0.2, -0.15) is 0 Å². The normalized spacial score (nSPS) is 11.5. The molecular formula is C52H34. The average molecular weight is 659 g/mol. The van der Waals surface area contributed by atoms with E-state index in [1.54, 1.807) is 0 Å². The first kappa shape index (κ1) is 30.1. The monoisotopic (exact) mass is 658 g/mol. The van der Waals surface area contributed by atoms with E-state index >= 15 is 0 Å². The van der Waals surface area contributed by atoms with Gasteiger partial charge in [0.25, 0.3) is 0 Å². The third kappa shape index (κ3) is 5.16. The molecule has 0 aliphatic heterocycles. The van der Waals surface area contributed by atoms with Crippen molar-refractivity contribution in [3.05, 3.63) is 206 Å². The van der Waals surface area contributed by atoms with Gasteiger partial charge in [0.15, 0.2) is 0 Å². The summed E-state index contributed by atoms with van der Waals surface area (Å²) in [5.74, 6) is 0. The zero-order valence-electron chi connectivity index (χ0n) is 28.6. The first-order chi connectivity index (χ1) is 25.8. The molecule has 242 valence electrons. The number of fused-ring (bicyclic) bond motifs is 4. The van der Waals surface area contributed by atoms with Crippen molar-refractivity contribution >= 4 is 43.1 Å². The molecule has 0 N–H and O–H groups in total. The SMILES string of the molecule is c1ccc(-c2cc(-c3ccccc3)cc(-c3c4ccccc4c(-c4ccc5ccccc5c4)c4cc(-c5cccc6ccccc56)ccc34)c2)cc1. The Morgan fingerprint density at radius 2 is 0.692 bits per heavy atom. The second kappa shape index (κ2) is 12.5. The van der Waals surface area contributed by atoms with Gasteiger partial charge >= 0.3 is 0 Å². The summed E-state index contributed by atoms with van der Waals surface area (Å²) in [5, 5.41) is 10.0. The third-order valence-corrected chi connectivity index (χ3v) is 10.6. The topological polar surface area (TPSA) is 0 Å². The Morgan fingerprint density at radius 3 is 1.38 bits per heavy atom. The Balaban J connectivity index is 1.33. The van der Waals surface area contributed by atoms with Crippen LogP contribution in [0.15, 0.2) is 206 Å². The number of rotatable bonds is 5. The smallest absolute Gasteiger partial charge is 0.00259 e. The van der Waals surface area contributed by atoms with Gasteiger partial charge in [-0.25, -0.2) is 0 Å². The second-order valence-electron chi connectivity index (χ2n) is 13.7. The molecule has 0 aliphatic carbocycles. The van der Waals surface area contributed by atoms with Crippen LogP contribution in [0.3, 0.4) is 0 Å². The molecule has 0 aliphatic rings. The van der Waals surface area contributed by atoms with Crippen molar-refractivity contribution in [1.29, 1.82) is 0 Å². The van der Waals surface area contributed by atoms with Crippen molar-refractivity contribution in [2.24, 2.45) is 0 Å². The summed E-state index contributed by atoms with van der Waals surface area (Å²) in [5.41, 5.74) is 12.3. The quantitative estimate of drug-likeness (QED) is 0.161. The summed E-state index contributed by atoms with van der Waals surface area (Å²) >= 11 is 0. The molecule has 0 aromatic heterocycles. The van der Waals surface area contributed by atoms with Gasteiger partial charge in [0.1, 0.15) is 0 Å². The van der Waals surface area contributed by atoms with E-state index < -0.39 is 0 Å². The molecule has 0 unspecified atom stereocenters. The van der Waals surface area contributed by atoms with E-state index in [1.807, 2.05) is 0 Å². The lowest BCUT2D eigenvalue weighted by atomic mass is 9.83. The molecule has 0 saturated carbocycles. The average Bonchev–Trinajstić information content (AvgIpc) is 3.22. The highest BCUT2D eigenvalue weighted by Gasteiger charge is 2.19. The van der Waals surface area contributed by atoms with Crippen molar-refractivity contribution in [2.75, 3.05) is 0 Å². The summed E-state index contributed by atoms with van der Waals surface area (Å²) in [6.45, 7) is 0. The van der Waals surface area contributed by atoms with E-state index in [1.165, 1.54) is 98.7 Å². The number of hydrogen-bond donors (Lipinski definition) is 0. The van der Waals surface area contributed by atoms with Crippen LogP contribution in [-0.2, 0) is 0 Å². The molecule has 10 aromatic carbocycles. The third-order valence-electron chi connectivity index (χ3n) is 10.6. The molecule has 0 nitrogen and oxygen atoms in total. The van der Waals surface area contributed by atoms with Crippen LogP contribution in [0.25, 0.3) is 98.7 Å². The predicted octanol–water partition coefficient (Wildman–Crippen LogP) is 14.6. The Kier molecular flexibility index (Phi) is 7.25. The van der Waals surface area contributed by atoms with Crippen LogP contribution in [0.5, 0.6) is 0 Å². The summed E-state index contributed by atoms with van der Waals surface area (Å²) in [4.78, 5) is 0. The van der Waals surface area contributed by atoms with E-state index in [0.717, 1.165) is 0 Å². The molecule has 0 amide bonds. The highest BCUT2D eigenvalue weighted by molar-refractivity contribution is 6.22. The molecule has 0 fully saturated rings. The predicted molar refractivity (Wildman–Crippen MR) is 224 cm³/mol. The van der Waals surface area contributed by atoms with Gasteiger partial charge in [-0.1, -0.05) is 176 Å². The Hall–Kier alpha value is -6.76. The molecule has 10 aromatic rings. The largest absolute Gasteiger partial charge is 0.0622 e. The van der Waals surface area contributed by atoms with Crippen molar-refractivity contribution in [3.63, 3.8) is 0 Å². The van der Waals surface area contributed by atoms with Gasteiger partial charge in [-0.05, 0) is 129 Å². The standard InChI is InChI=1S/C52H34/c1-3-14-35(15-4-1)42-31-43(36-16-5-2-6-17-36)33-44(32-42)52-48-24-12-11-23-47(48)51(41-27-26-37-18-7-8-20-39(37)30-41)50-34-40(28-29-49(50)52)46-25-13-21-38-19-9-10-22-45(38)46/h1-34H. The highest BCUT2D eigenvalue weighted by Crippen LogP contribution is 2.47. The van der Waals surface area contributed by atoms with Crippen LogP contribution in [0.4, 0.5) is 0 Å². The lowest BCUT2D eigenvalue weighted by Gasteiger charge is -2.20. The fourth-order valence-corrected chi connectivity index (χ4v) is 8.16. The van der Waals surface area contributed by atoms with Crippen LogP contribution in [0.2, 0.25) is 0 Å². The molecule has 52 heavy (non-hydrogen) atoms. The van der Waals surface area contributed by atoms with E-state index in [2.05, 4.69) is 206 Å². The van der Waals surface area contributed by atoms with Crippen LogP contribution in [0, 0.1) is 0 Å². The lowest BCUT2D eigenvalue weighted by Crippen LogP contribution is -1.93. The van der Waals surface area contributed by atoms with E-state index in [0.29, 0.717) is 0 Å². The maximum absolute atomic E-state index is 2.44. The molecule has 0 heteroatoms. The highest BCUT2D eigenvalue weighted by atomic mass is 14.2. The van der Waals surface area contributed by atoms with E-state index in [-0.39, 0.29) is 0 Å². The van der Waals surface area contributed by atoms with Crippen LogP contribution >= 0.6 is 0 Å². The molecule has 10 rings (SSSR count). The number of hydrogen-bond acceptors (Lipinski definition) is 0. The van der Waals surface area contributed by atoms with Crippen LogP contribution in [-0.4, -0.2) is 0 Å². The summed E-state index contributed by atoms with van der Waals surface area (Å²) in [6, 6.07) is 75.7. The Morgan fingerprint density at radius 1 is 0.192 bits per heavy atom. The summed E-state index contributed by atoms with van der Waals surface area (Å²) < 4.78 is 0. The minimum atomic E-state index is 1.21. The fraction of sp³-hybridized carbons (Fsp3) is 0. The van der Waals surface area contributed by atoms with Gasteiger partial charge in [0.05, 0.1) is 0 Å². The minimum Gasteiger partial charge on any atom is -0.0622 e. The van der Waals surface area contributed by atoms with Gasteiger partial charge in [-0.3, -0.25) is 0 Å². The zero-order valence-corrected chi connectivity index (χ0v) is 28.6. The van der Waals surface area contributed by atoms with Crippen molar-refractivity contribution < 1.29 is 0 Å². The van der Waals surface area contributed by atoms with Crippen LogP contribution in [0.1, 0.15) is 0 Å². The van der Waals surface area contributed by atoms with Gasteiger partial charge in [-0.15, -0.1) is 0 Å². The molecular weight excluding hydrogens is 625 g/mol. The minimum absolute atomic E-state index is 1.21. The molecule has 0 spiro atoms. The first-order valence-corrected chi connectivity index (χ1v) is 18.0. The van der Waals surface area contributed by atoms with Crippen molar-refractivity contribution in [1.82, 2.24) is 0 Å². The second-order valence-corrected chi connectivity index (χ2v) is 13.7. The Labute approximate surface area is 303 Å². The van der Waals surface area contributed by atoms with Crippen molar-refractivity contribution in [3.8, 4) is 55.6 Å². The summed E-state index contributed by atoms with van der Waals surface area (Å²) in [7, 11) is 0.